The van der Waals surface area contributed by atoms with Crippen LogP contribution in [0, 0.1) is 12.7 Å². The van der Waals surface area contributed by atoms with E-state index in [9.17, 15) is 17.6 Å². The van der Waals surface area contributed by atoms with Crippen molar-refractivity contribution < 1.29 is 17.6 Å². The number of amides is 1. The number of nitrogens with zero attached hydrogens (tertiary/aromatic N) is 2. The molecule has 1 saturated heterocycles. The standard InChI is InChI=1S/C19H20FN3O3S/c1-14-8-10-15(11-9-14)21-22-18(19(24)23-12-4-5-13-23)27(25,26)17-7-3-2-6-16(17)20/h2-3,6-11,21H,4-5,12-13H2,1H3/b22-18-. The van der Waals surface area contributed by atoms with E-state index >= 15 is 0 Å². The van der Waals surface area contributed by atoms with E-state index in [-0.39, 0.29) is 0 Å². The van der Waals surface area contributed by atoms with Crippen LogP contribution in [0.1, 0.15) is 18.4 Å². The maximum Gasteiger partial charge on any atom is 0.286 e. The Hall–Kier alpha value is -2.74. The van der Waals surface area contributed by atoms with Crippen LogP contribution in [0.3, 0.4) is 0 Å². The number of anilines is 1. The van der Waals surface area contributed by atoms with Crippen molar-refractivity contribution in [2.45, 2.75) is 24.7 Å². The number of halogens is 1. The third-order valence-electron chi connectivity index (χ3n) is 4.30. The average Bonchev–Trinajstić information content (AvgIpc) is 3.18. The summed E-state index contributed by atoms with van der Waals surface area (Å²) < 4.78 is 40.1. The van der Waals surface area contributed by atoms with Crippen molar-refractivity contribution in [2.24, 2.45) is 5.10 Å². The third-order valence-corrected chi connectivity index (χ3v) is 5.98. The Bertz CT molecular complexity index is 966. The van der Waals surface area contributed by atoms with E-state index in [4.69, 9.17) is 0 Å². The van der Waals surface area contributed by atoms with Crippen LogP contribution >= 0.6 is 0 Å². The molecule has 0 bridgehead atoms. The fraction of sp³-hybridized carbons (Fsp3) is 0.263. The number of nitrogens with one attached hydrogen (secondary N) is 1. The molecule has 0 unspecified atom stereocenters. The highest BCUT2D eigenvalue weighted by Gasteiger charge is 2.35. The van der Waals surface area contributed by atoms with Gasteiger partial charge < -0.3 is 4.90 Å². The molecular formula is C19H20FN3O3S. The number of carbonyl (C=O) groups is 1. The lowest BCUT2D eigenvalue weighted by Crippen LogP contribution is -2.39. The summed E-state index contributed by atoms with van der Waals surface area (Å²) in [5.74, 6) is -1.65. The minimum atomic E-state index is -4.43. The van der Waals surface area contributed by atoms with Crippen molar-refractivity contribution >= 4 is 26.5 Å². The SMILES string of the molecule is Cc1ccc(N/N=C(/C(=O)N2CCCC2)S(=O)(=O)c2ccccc2F)cc1. The molecule has 27 heavy (non-hydrogen) atoms. The van der Waals surface area contributed by atoms with E-state index in [1.807, 2.05) is 19.1 Å². The number of carbonyl (C=O) groups excluding carboxylic acids is 1. The van der Waals surface area contributed by atoms with Gasteiger partial charge in [0.25, 0.3) is 5.91 Å². The normalized spacial score (nSPS) is 15.0. The highest BCUT2D eigenvalue weighted by atomic mass is 32.2. The van der Waals surface area contributed by atoms with Gasteiger partial charge in [-0.3, -0.25) is 10.2 Å². The molecule has 2 aromatic carbocycles. The van der Waals surface area contributed by atoms with E-state index in [2.05, 4.69) is 10.5 Å². The van der Waals surface area contributed by atoms with Crippen LogP contribution in [0.15, 0.2) is 58.5 Å². The van der Waals surface area contributed by atoms with Gasteiger partial charge in [0.1, 0.15) is 10.7 Å². The highest BCUT2D eigenvalue weighted by Crippen LogP contribution is 2.20. The molecule has 142 valence electrons. The number of sulfone groups is 1. The van der Waals surface area contributed by atoms with Crippen LogP contribution in [-0.2, 0) is 14.6 Å². The van der Waals surface area contributed by atoms with Crippen molar-refractivity contribution in [1.82, 2.24) is 4.90 Å². The number of benzene rings is 2. The average molecular weight is 389 g/mol. The predicted octanol–water partition coefficient (Wildman–Crippen LogP) is 2.96. The van der Waals surface area contributed by atoms with E-state index < -0.39 is 31.5 Å². The lowest BCUT2D eigenvalue weighted by atomic mass is 10.2. The van der Waals surface area contributed by atoms with Gasteiger partial charge in [-0.2, -0.15) is 5.10 Å². The molecule has 1 fully saturated rings. The molecule has 0 aromatic heterocycles. The number of hydrogen-bond donors (Lipinski definition) is 1. The summed E-state index contributed by atoms with van der Waals surface area (Å²) >= 11 is 0. The number of hydrogen-bond acceptors (Lipinski definition) is 5. The number of aryl methyl sites for hydroxylation is 1. The number of hydrazone groups is 1. The first kappa shape index (κ1) is 19.0. The third kappa shape index (κ3) is 4.16. The lowest BCUT2D eigenvalue weighted by Gasteiger charge is -2.17. The van der Waals surface area contributed by atoms with Crippen molar-refractivity contribution in [3.8, 4) is 0 Å². The zero-order valence-electron chi connectivity index (χ0n) is 14.9. The monoisotopic (exact) mass is 389 g/mol. The van der Waals surface area contributed by atoms with Crippen LogP contribution in [0.4, 0.5) is 10.1 Å². The van der Waals surface area contributed by atoms with Crippen molar-refractivity contribution in [3.05, 3.63) is 59.9 Å². The molecule has 8 heteroatoms. The first-order valence-corrected chi connectivity index (χ1v) is 10.1. The molecule has 0 aliphatic carbocycles. The largest absolute Gasteiger partial charge is 0.337 e. The molecule has 6 nitrogen and oxygen atoms in total. The lowest BCUT2D eigenvalue weighted by molar-refractivity contribution is -0.122. The quantitative estimate of drug-likeness (QED) is 0.497. The molecule has 1 aliphatic rings. The summed E-state index contributed by atoms with van der Waals surface area (Å²) in [6.45, 7) is 2.82. The van der Waals surface area contributed by atoms with Crippen LogP contribution in [-0.4, -0.2) is 37.4 Å². The molecule has 1 aliphatic heterocycles. The predicted molar refractivity (Wildman–Crippen MR) is 102 cm³/mol. The summed E-state index contributed by atoms with van der Waals surface area (Å²) in [6.07, 6.45) is 1.59. The van der Waals surface area contributed by atoms with Gasteiger partial charge in [0.2, 0.25) is 14.9 Å². The maximum atomic E-state index is 14.1. The Morgan fingerprint density at radius 3 is 2.33 bits per heavy atom. The molecule has 0 radical (unpaired) electrons. The zero-order chi connectivity index (χ0) is 19.4. The summed E-state index contributed by atoms with van der Waals surface area (Å²) in [5.41, 5.74) is 4.16. The molecular weight excluding hydrogens is 369 g/mol. The van der Waals surface area contributed by atoms with Gasteiger partial charge in [-0.15, -0.1) is 0 Å². The smallest absolute Gasteiger partial charge is 0.286 e. The van der Waals surface area contributed by atoms with Gasteiger partial charge in [0.05, 0.1) is 5.69 Å². The second-order valence-corrected chi connectivity index (χ2v) is 8.16. The summed E-state index contributed by atoms with van der Waals surface area (Å²) in [5, 5.41) is 3.17. The number of rotatable bonds is 3. The summed E-state index contributed by atoms with van der Waals surface area (Å²) in [7, 11) is -4.43. The van der Waals surface area contributed by atoms with Gasteiger partial charge in [0.15, 0.2) is 0 Å². The molecule has 1 amide bonds. The summed E-state index contributed by atoms with van der Waals surface area (Å²) in [6, 6.07) is 12.0. The van der Waals surface area contributed by atoms with Crippen LogP contribution in [0.2, 0.25) is 0 Å². The maximum absolute atomic E-state index is 14.1. The van der Waals surface area contributed by atoms with Gasteiger partial charge in [-0.25, -0.2) is 12.8 Å². The van der Waals surface area contributed by atoms with Crippen LogP contribution in [0.5, 0.6) is 0 Å². The minimum absolute atomic E-state index is 0.454. The Morgan fingerprint density at radius 1 is 1.07 bits per heavy atom. The van der Waals surface area contributed by atoms with Crippen LogP contribution < -0.4 is 5.43 Å². The first-order valence-electron chi connectivity index (χ1n) is 8.59. The molecule has 3 rings (SSSR count). The Morgan fingerprint density at radius 2 is 1.70 bits per heavy atom. The fourth-order valence-corrected chi connectivity index (χ4v) is 4.10. The molecule has 0 saturated carbocycles. The summed E-state index contributed by atoms with van der Waals surface area (Å²) in [4.78, 5) is 13.7. The van der Waals surface area contributed by atoms with E-state index in [1.54, 1.807) is 12.1 Å². The molecule has 1 heterocycles. The molecule has 0 atom stereocenters. The number of likely N-dealkylation sites (tertiary alicyclic amines) is 1. The van der Waals surface area contributed by atoms with Gasteiger partial charge in [0, 0.05) is 13.1 Å². The van der Waals surface area contributed by atoms with Crippen LogP contribution in [0.25, 0.3) is 0 Å². The van der Waals surface area contributed by atoms with E-state index in [1.165, 1.54) is 17.0 Å². The zero-order valence-corrected chi connectivity index (χ0v) is 15.7. The van der Waals surface area contributed by atoms with Gasteiger partial charge in [-0.1, -0.05) is 29.8 Å². The topological polar surface area (TPSA) is 78.8 Å². The molecule has 1 N–H and O–H groups in total. The second-order valence-electron chi connectivity index (χ2n) is 6.33. The second kappa shape index (κ2) is 7.87. The fourth-order valence-electron chi connectivity index (χ4n) is 2.79. The first-order chi connectivity index (χ1) is 12.9. The van der Waals surface area contributed by atoms with E-state index in [0.717, 1.165) is 30.5 Å². The Balaban J connectivity index is 2.01. The highest BCUT2D eigenvalue weighted by molar-refractivity contribution is 8.08. The van der Waals surface area contributed by atoms with Gasteiger partial charge in [-0.05, 0) is 44.0 Å². The van der Waals surface area contributed by atoms with Crippen molar-refractivity contribution in [1.29, 1.82) is 0 Å². The van der Waals surface area contributed by atoms with E-state index in [0.29, 0.717) is 18.8 Å². The van der Waals surface area contributed by atoms with Gasteiger partial charge >= 0.3 is 0 Å². The molecule has 2 aromatic rings. The van der Waals surface area contributed by atoms with Crippen molar-refractivity contribution in [2.75, 3.05) is 18.5 Å². The minimum Gasteiger partial charge on any atom is -0.337 e. The molecule has 0 spiro atoms. The van der Waals surface area contributed by atoms with Crippen molar-refractivity contribution in [3.63, 3.8) is 0 Å². The Labute approximate surface area is 157 Å². The Kier molecular flexibility index (Phi) is 5.55.